The molecule has 0 bridgehead atoms. The highest BCUT2D eigenvalue weighted by Crippen LogP contribution is 2.25. The zero-order valence-electron chi connectivity index (χ0n) is 18.0. The van der Waals surface area contributed by atoms with E-state index in [1.165, 1.54) is 0 Å². The quantitative estimate of drug-likeness (QED) is 0.333. The van der Waals surface area contributed by atoms with Crippen molar-refractivity contribution < 1.29 is 19.1 Å². The first-order chi connectivity index (χ1) is 16.0. The van der Waals surface area contributed by atoms with E-state index in [9.17, 15) is 14.4 Å². The minimum absolute atomic E-state index is 0.0498. The molecule has 0 heterocycles. The molecule has 8 heteroatoms. The molecule has 0 saturated carbocycles. The van der Waals surface area contributed by atoms with E-state index in [0.29, 0.717) is 41.1 Å². The van der Waals surface area contributed by atoms with Crippen molar-refractivity contribution in [1.82, 2.24) is 5.32 Å². The summed E-state index contributed by atoms with van der Waals surface area (Å²) in [6.07, 6.45) is 0.257. The summed E-state index contributed by atoms with van der Waals surface area (Å²) in [5.41, 5.74) is 1.72. The van der Waals surface area contributed by atoms with Gasteiger partial charge in [0, 0.05) is 17.5 Å². The normalized spacial score (nSPS) is 10.1. The van der Waals surface area contributed by atoms with Crippen molar-refractivity contribution in [2.45, 2.75) is 19.8 Å². The summed E-state index contributed by atoms with van der Waals surface area (Å²) >= 11 is 5.23. The zero-order valence-corrected chi connectivity index (χ0v) is 18.8. The van der Waals surface area contributed by atoms with Gasteiger partial charge >= 0.3 is 6.09 Å². The van der Waals surface area contributed by atoms with Crippen LogP contribution in [0.5, 0.6) is 5.75 Å². The summed E-state index contributed by atoms with van der Waals surface area (Å²) in [4.78, 5) is 37.1. The number of hydrogen-bond acceptors (Lipinski definition) is 5. The van der Waals surface area contributed by atoms with Crippen LogP contribution in [0.1, 0.15) is 35.7 Å². The molecule has 3 rings (SSSR count). The molecule has 33 heavy (non-hydrogen) atoms. The topological polar surface area (TPSA) is 96.5 Å². The zero-order chi connectivity index (χ0) is 23.6. The molecule has 2 amide bonds. The molecule has 0 radical (unpaired) electrons. The summed E-state index contributed by atoms with van der Waals surface area (Å²) in [7, 11) is 0. The lowest BCUT2D eigenvalue weighted by molar-refractivity contribution is -0.116. The average molecular weight is 462 g/mol. The van der Waals surface area contributed by atoms with Crippen LogP contribution in [0.2, 0.25) is 0 Å². The van der Waals surface area contributed by atoms with Crippen molar-refractivity contribution >= 4 is 46.5 Å². The van der Waals surface area contributed by atoms with Crippen LogP contribution in [0.15, 0.2) is 78.9 Å². The number of anilines is 2. The average Bonchev–Trinajstić information content (AvgIpc) is 2.81. The number of carbonyl (C=O) groups is 3. The Hall–Kier alpha value is -4.04. The lowest BCUT2D eigenvalue weighted by atomic mass is 10.0. The summed E-state index contributed by atoms with van der Waals surface area (Å²) in [6, 6.07) is 22.2. The maximum Gasteiger partial charge on any atom is 0.418 e. The van der Waals surface area contributed by atoms with E-state index < -0.39 is 6.09 Å². The van der Waals surface area contributed by atoms with Crippen molar-refractivity contribution in [3.05, 3.63) is 90.0 Å². The molecular formula is C25H23N3O4S. The molecule has 0 aliphatic heterocycles. The van der Waals surface area contributed by atoms with Crippen LogP contribution in [-0.2, 0) is 4.79 Å². The fourth-order valence-electron chi connectivity index (χ4n) is 2.96. The third-order valence-corrected chi connectivity index (χ3v) is 4.69. The van der Waals surface area contributed by atoms with Gasteiger partial charge in [0.25, 0.3) is 0 Å². The minimum Gasteiger partial charge on any atom is -0.410 e. The van der Waals surface area contributed by atoms with Crippen molar-refractivity contribution in [1.29, 1.82) is 0 Å². The Morgan fingerprint density at radius 3 is 2.15 bits per heavy atom. The standard InChI is InChI=1S/C25H23N3O4S/c1-2-9-22(29)26-20-15-14-18(23(30)17-10-5-3-6-11-17)16-21(20)27-24(33)28-25(31)32-19-12-7-4-8-13-19/h3-8,10-16H,2,9H2,1H3,(H,26,29)(H2,27,28,31,33). The number of amides is 2. The summed E-state index contributed by atoms with van der Waals surface area (Å²) in [5.74, 6) is -0.00160. The largest absolute Gasteiger partial charge is 0.418 e. The molecule has 0 fully saturated rings. The Morgan fingerprint density at radius 1 is 0.818 bits per heavy atom. The Kier molecular flexibility index (Phi) is 8.26. The highest BCUT2D eigenvalue weighted by molar-refractivity contribution is 7.80. The molecule has 0 atom stereocenters. The number of hydrogen-bond donors (Lipinski definition) is 3. The molecular weight excluding hydrogens is 438 g/mol. The van der Waals surface area contributed by atoms with Crippen LogP contribution >= 0.6 is 12.2 Å². The van der Waals surface area contributed by atoms with E-state index in [0.717, 1.165) is 0 Å². The molecule has 0 aliphatic carbocycles. The van der Waals surface area contributed by atoms with Gasteiger partial charge in [0.1, 0.15) is 5.75 Å². The summed E-state index contributed by atoms with van der Waals surface area (Å²) in [6.45, 7) is 1.90. The Balaban J connectivity index is 1.78. The Bertz CT molecular complexity index is 1150. The van der Waals surface area contributed by atoms with Gasteiger partial charge in [0.2, 0.25) is 5.91 Å². The number of rotatable bonds is 7. The van der Waals surface area contributed by atoms with Gasteiger partial charge in [-0.1, -0.05) is 55.5 Å². The second kappa shape index (κ2) is 11.5. The van der Waals surface area contributed by atoms with Crippen LogP contribution in [0, 0.1) is 0 Å². The van der Waals surface area contributed by atoms with Crippen LogP contribution < -0.4 is 20.7 Å². The Morgan fingerprint density at radius 2 is 1.48 bits per heavy atom. The van der Waals surface area contributed by atoms with E-state index in [1.54, 1.807) is 72.8 Å². The van der Waals surface area contributed by atoms with Crippen LogP contribution in [-0.4, -0.2) is 22.9 Å². The number of ether oxygens (including phenoxy) is 1. The lowest BCUT2D eigenvalue weighted by Gasteiger charge is -2.15. The third kappa shape index (κ3) is 6.98. The van der Waals surface area contributed by atoms with Crippen LogP contribution in [0.25, 0.3) is 0 Å². The van der Waals surface area contributed by atoms with E-state index in [2.05, 4.69) is 16.0 Å². The highest BCUT2D eigenvalue weighted by Gasteiger charge is 2.15. The maximum absolute atomic E-state index is 12.9. The monoisotopic (exact) mass is 461 g/mol. The van der Waals surface area contributed by atoms with E-state index in [1.807, 2.05) is 13.0 Å². The van der Waals surface area contributed by atoms with Crippen molar-refractivity contribution in [3.63, 3.8) is 0 Å². The second-order valence-corrected chi connectivity index (χ2v) is 7.44. The predicted octanol–water partition coefficient (Wildman–Crippen LogP) is 5.14. The van der Waals surface area contributed by atoms with Gasteiger partial charge in [0.05, 0.1) is 11.4 Å². The number of nitrogens with one attached hydrogen (secondary N) is 3. The number of para-hydroxylation sites is 1. The number of thiocarbonyl (C=S) groups is 1. The number of ketones is 1. The van der Waals surface area contributed by atoms with Gasteiger partial charge in [-0.25, -0.2) is 4.79 Å². The van der Waals surface area contributed by atoms with Crippen LogP contribution in [0.4, 0.5) is 16.2 Å². The number of carbonyl (C=O) groups excluding carboxylic acids is 3. The van der Waals surface area contributed by atoms with Gasteiger partial charge < -0.3 is 15.4 Å². The molecule has 3 N–H and O–H groups in total. The molecule has 3 aromatic carbocycles. The molecule has 0 aromatic heterocycles. The van der Waals surface area contributed by atoms with Crippen LogP contribution in [0.3, 0.4) is 0 Å². The molecule has 0 unspecified atom stereocenters. The SMILES string of the molecule is CCCC(=O)Nc1ccc(C(=O)c2ccccc2)cc1NC(=S)NC(=O)Oc1ccccc1. The second-order valence-electron chi connectivity index (χ2n) is 7.04. The summed E-state index contributed by atoms with van der Waals surface area (Å²) in [5, 5.41) is 8.05. The molecule has 3 aromatic rings. The Labute approximate surface area is 197 Å². The molecule has 0 spiro atoms. The first kappa shape index (κ1) is 23.6. The van der Waals surface area contributed by atoms with E-state index >= 15 is 0 Å². The first-order valence-corrected chi connectivity index (χ1v) is 10.8. The fraction of sp³-hybridized carbons (Fsp3) is 0.120. The molecule has 0 aliphatic rings. The van der Waals surface area contributed by atoms with Gasteiger partial charge in [-0.3, -0.25) is 14.9 Å². The van der Waals surface area contributed by atoms with Gasteiger partial charge in [-0.05, 0) is 49.0 Å². The summed E-state index contributed by atoms with van der Waals surface area (Å²) < 4.78 is 5.17. The first-order valence-electron chi connectivity index (χ1n) is 10.3. The maximum atomic E-state index is 12.9. The van der Waals surface area contributed by atoms with E-state index in [-0.39, 0.29) is 16.8 Å². The molecule has 168 valence electrons. The molecule has 7 nitrogen and oxygen atoms in total. The fourth-order valence-corrected chi connectivity index (χ4v) is 3.15. The highest BCUT2D eigenvalue weighted by atomic mass is 32.1. The smallest absolute Gasteiger partial charge is 0.410 e. The van der Waals surface area contributed by atoms with E-state index in [4.69, 9.17) is 17.0 Å². The third-order valence-electron chi connectivity index (χ3n) is 4.49. The van der Waals surface area contributed by atoms with Crippen molar-refractivity contribution in [2.75, 3.05) is 10.6 Å². The van der Waals surface area contributed by atoms with Crippen molar-refractivity contribution in [2.24, 2.45) is 0 Å². The van der Waals surface area contributed by atoms with Gasteiger partial charge in [-0.15, -0.1) is 0 Å². The van der Waals surface area contributed by atoms with Gasteiger partial charge in [-0.2, -0.15) is 0 Å². The minimum atomic E-state index is -0.771. The van der Waals surface area contributed by atoms with Crippen molar-refractivity contribution in [3.8, 4) is 5.75 Å². The molecule has 0 saturated heterocycles. The predicted molar refractivity (Wildman–Crippen MR) is 132 cm³/mol. The number of benzene rings is 3. The lowest BCUT2D eigenvalue weighted by Crippen LogP contribution is -2.36. The van der Waals surface area contributed by atoms with Gasteiger partial charge in [0.15, 0.2) is 10.9 Å².